The molecule has 2 aromatic rings. The summed E-state index contributed by atoms with van der Waals surface area (Å²) in [7, 11) is 0. The molecule has 0 aliphatic carbocycles. The highest BCUT2D eigenvalue weighted by Crippen LogP contribution is 2.11. The molecule has 4 nitrogen and oxygen atoms in total. The summed E-state index contributed by atoms with van der Waals surface area (Å²) in [6, 6.07) is 11.3. The zero-order valence-electron chi connectivity index (χ0n) is 11.8. The second-order valence-corrected chi connectivity index (χ2v) is 4.54. The van der Waals surface area contributed by atoms with Gasteiger partial charge in [-0.2, -0.15) is 0 Å². The number of rotatable bonds is 6. The van der Waals surface area contributed by atoms with E-state index in [0.717, 1.165) is 5.56 Å². The maximum absolute atomic E-state index is 12.9. The zero-order valence-corrected chi connectivity index (χ0v) is 11.8. The summed E-state index contributed by atoms with van der Waals surface area (Å²) >= 11 is 0. The Morgan fingerprint density at radius 3 is 2.50 bits per heavy atom. The molecule has 2 rings (SSSR count). The average molecular weight is 306 g/mol. The lowest BCUT2D eigenvalue weighted by molar-refractivity contribution is 0.236. The highest BCUT2D eigenvalue weighted by molar-refractivity contribution is 5.73. The largest absolute Gasteiger partial charge is 0.492 e. The van der Waals surface area contributed by atoms with Gasteiger partial charge in [0.2, 0.25) is 0 Å². The van der Waals surface area contributed by atoms with Crippen LogP contribution in [0.25, 0.3) is 0 Å². The molecule has 0 saturated heterocycles. The molecule has 0 aliphatic rings. The molecule has 0 fully saturated rings. The van der Waals surface area contributed by atoms with Crippen molar-refractivity contribution in [2.24, 2.45) is 0 Å². The van der Waals surface area contributed by atoms with E-state index in [1.807, 2.05) is 0 Å². The normalized spacial score (nSPS) is 10.1. The molecule has 0 unspecified atom stereocenters. The van der Waals surface area contributed by atoms with Crippen molar-refractivity contribution in [1.29, 1.82) is 0 Å². The Bertz CT molecular complexity index is 618. The van der Waals surface area contributed by atoms with E-state index in [2.05, 4.69) is 10.6 Å². The second-order valence-electron chi connectivity index (χ2n) is 4.54. The van der Waals surface area contributed by atoms with Gasteiger partial charge in [-0.3, -0.25) is 0 Å². The molecular formula is C16H16F2N2O2. The Morgan fingerprint density at radius 2 is 1.77 bits per heavy atom. The maximum atomic E-state index is 12.9. The van der Waals surface area contributed by atoms with Crippen LogP contribution in [0, 0.1) is 11.6 Å². The number of ether oxygens (including phenoxy) is 1. The smallest absolute Gasteiger partial charge is 0.315 e. The van der Waals surface area contributed by atoms with Crippen molar-refractivity contribution < 1.29 is 18.3 Å². The molecule has 2 aromatic carbocycles. The number of urea groups is 1. The van der Waals surface area contributed by atoms with E-state index in [0.29, 0.717) is 12.3 Å². The van der Waals surface area contributed by atoms with E-state index >= 15 is 0 Å². The number of carbonyl (C=O) groups is 1. The first-order chi connectivity index (χ1) is 10.6. The Kier molecular flexibility index (Phi) is 5.71. The van der Waals surface area contributed by atoms with Gasteiger partial charge < -0.3 is 15.4 Å². The fourth-order valence-corrected chi connectivity index (χ4v) is 1.74. The van der Waals surface area contributed by atoms with Gasteiger partial charge in [0.15, 0.2) is 0 Å². The van der Waals surface area contributed by atoms with Crippen molar-refractivity contribution in [3.8, 4) is 5.75 Å². The van der Waals surface area contributed by atoms with E-state index in [1.165, 1.54) is 24.3 Å². The Labute approximate surface area is 127 Å². The number of hydrogen-bond acceptors (Lipinski definition) is 2. The standard InChI is InChI=1S/C16H16F2N2O2/c17-13-6-4-12(5-7-13)11-20-16(21)19-8-9-22-15-3-1-2-14(18)10-15/h1-7,10H,8-9,11H2,(H2,19,20,21). The van der Waals surface area contributed by atoms with Crippen LogP contribution in [0.15, 0.2) is 48.5 Å². The molecule has 0 heterocycles. The zero-order chi connectivity index (χ0) is 15.8. The van der Waals surface area contributed by atoms with Crippen molar-refractivity contribution in [2.75, 3.05) is 13.2 Å². The van der Waals surface area contributed by atoms with Crippen LogP contribution in [0.1, 0.15) is 5.56 Å². The molecule has 6 heteroatoms. The predicted molar refractivity (Wildman–Crippen MR) is 78.5 cm³/mol. The van der Waals surface area contributed by atoms with Gasteiger partial charge in [0, 0.05) is 12.6 Å². The van der Waals surface area contributed by atoms with Gasteiger partial charge >= 0.3 is 6.03 Å². The molecule has 0 aliphatic heterocycles. The van der Waals surface area contributed by atoms with Gasteiger partial charge in [-0.25, -0.2) is 13.6 Å². The van der Waals surface area contributed by atoms with Crippen LogP contribution < -0.4 is 15.4 Å². The van der Waals surface area contributed by atoms with Crippen molar-refractivity contribution in [1.82, 2.24) is 10.6 Å². The van der Waals surface area contributed by atoms with E-state index in [-0.39, 0.29) is 30.8 Å². The fraction of sp³-hybridized carbons (Fsp3) is 0.188. The molecule has 0 spiro atoms. The van der Waals surface area contributed by atoms with Crippen LogP contribution in [0.3, 0.4) is 0 Å². The quantitative estimate of drug-likeness (QED) is 0.806. The summed E-state index contributed by atoms with van der Waals surface area (Å²) in [5, 5.41) is 5.24. The predicted octanol–water partition coefficient (Wildman–Crippen LogP) is 2.84. The van der Waals surface area contributed by atoms with Crippen LogP contribution in [0.5, 0.6) is 5.75 Å². The number of carbonyl (C=O) groups excluding carboxylic acids is 1. The minimum absolute atomic E-state index is 0.230. The topological polar surface area (TPSA) is 50.4 Å². The molecule has 22 heavy (non-hydrogen) atoms. The van der Waals surface area contributed by atoms with Gasteiger partial charge in [0.1, 0.15) is 24.0 Å². The Morgan fingerprint density at radius 1 is 1.00 bits per heavy atom. The minimum atomic E-state index is -0.373. The van der Waals surface area contributed by atoms with Gasteiger partial charge in [-0.1, -0.05) is 18.2 Å². The summed E-state index contributed by atoms with van der Waals surface area (Å²) in [6.07, 6.45) is 0. The highest BCUT2D eigenvalue weighted by Gasteiger charge is 2.01. The average Bonchev–Trinajstić information content (AvgIpc) is 2.51. The Balaban J connectivity index is 1.62. The van der Waals surface area contributed by atoms with Gasteiger partial charge in [-0.15, -0.1) is 0 Å². The molecule has 0 bridgehead atoms. The second kappa shape index (κ2) is 7.97. The van der Waals surface area contributed by atoms with Crippen molar-refractivity contribution in [2.45, 2.75) is 6.54 Å². The van der Waals surface area contributed by atoms with Gasteiger partial charge in [-0.05, 0) is 29.8 Å². The molecule has 0 radical (unpaired) electrons. The fourth-order valence-electron chi connectivity index (χ4n) is 1.74. The van der Waals surface area contributed by atoms with Crippen LogP contribution in [-0.4, -0.2) is 19.2 Å². The molecule has 2 N–H and O–H groups in total. The summed E-state index contributed by atoms with van der Waals surface area (Å²) in [4.78, 5) is 11.5. The molecule has 2 amide bonds. The number of nitrogens with one attached hydrogen (secondary N) is 2. The number of halogens is 2. The first-order valence-corrected chi connectivity index (χ1v) is 6.78. The van der Waals surface area contributed by atoms with Gasteiger partial charge in [0.05, 0.1) is 6.54 Å². The third-order valence-corrected chi connectivity index (χ3v) is 2.82. The molecule has 0 saturated carbocycles. The monoisotopic (exact) mass is 306 g/mol. The van der Waals surface area contributed by atoms with E-state index in [4.69, 9.17) is 4.74 Å². The molecular weight excluding hydrogens is 290 g/mol. The van der Waals surface area contributed by atoms with Crippen molar-refractivity contribution in [3.05, 3.63) is 65.7 Å². The molecule has 0 atom stereocenters. The first-order valence-electron chi connectivity index (χ1n) is 6.78. The lowest BCUT2D eigenvalue weighted by Crippen LogP contribution is -2.37. The highest BCUT2D eigenvalue weighted by atomic mass is 19.1. The third-order valence-electron chi connectivity index (χ3n) is 2.82. The lowest BCUT2D eigenvalue weighted by atomic mass is 10.2. The van der Waals surface area contributed by atoms with Crippen molar-refractivity contribution in [3.63, 3.8) is 0 Å². The summed E-state index contributed by atoms with van der Waals surface area (Å²) < 4.78 is 30.9. The SMILES string of the molecule is O=C(NCCOc1cccc(F)c1)NCc1ccc(F)cc1. The summed E-state index contributed by atoms with van der Waals surface area (Å²) in [6.45, 7) is 0.816. The van der Waals surface area contributed by atoms with Crippen LogP contribution in [-0.2, 0) is 6.54 Å². The third kappa shape index (κ3) is 5.40. The molecule has 116 valence electrons. The number of amides is 2. The first kappa shape index (κ1) is 15.8. The van der Waals surface area contributed by atoms with E-state index in [9.17, 15) is 13.6 Å². The van der Waals surface area contributed by atoms with Crippen LogP contribution in [0.2, 0.25) is 0 Å². The van der Waals surface area contributed by atoms with Crippen LogP contribution >= 0.6 is 0 Å². The maximum Gasteiger partial charge on any atom is 0.315 e. The van der Waals surface area contributed by atoms with E-state index in [1.54, 1.807) is 24.3 Å². The van der Waals surface area contributed by atoms with Crippen molar-refractivity contribution >= 4 is 6.03 Å². The number of benzene rings is 2. The van der Waals surface area contributed by atoms with Crippen LogP contribution in [0.4, 0.5) is 13.6 Å². The van der Waals surface area contributed by atoms with Gasteiger partial charge in [0.25, 0.3) is 0 Å². The summed E-state index contributed by atoms with van der Waals surface area (Å²) in [5.74, 6) is -0.279. The minimum Gasteiger partial charge on any atom is -0.492 e. The Hall–Kier alpha value is -2.63. The molecule has 0 aromatic heterocycles. The lowest BCUT2D eigenvalue weighted by Gasteiger charge is -2.09. The number of hydrogen-bond donors (Lipinski definition) is 2. The summed E-state index contributed by atoms with van der Waals surface area (Å²) in [5.41, 5.74) is 0.799. The van der Waals surface area contributed by atoms with E-state index < -0.39 is 0 Å².